The molecule has 0 aromatic carbocycles. The molecule has 0 aliphatic heterocycles. The molecule has 76 valence electrons. The zero-order chi connectivity index (χ0) is 9.97. The van der Waals surface area contributed by atoms with Gasteiger partial charge in [0.25, 0.3) is 0 Å². The molecule has 4 nitrogen and oxygen atoms in total. The maximum atomic E-state index is 10.7. The molecule has 0 N–H and O–H groups in total. The first kappa shape index (κ1) is 9.37. The van der Waals surface area contributed by atoms with E-state index in [0.29, 0.717) is 18.7 Å². The van der Waals surface area contributed by atoms with Gasteiger partial charge in [0.1, 0.15) is 5.78 Å². The van der Waals surface area contributed by atoms with Gasteiger partial charge in [-0.05, 0) is 25.7 Å². The van der Waals surface area contributed by atoms with Gasteiger partial charge < -0.3 is 9.32 Å². The topological polar surface area (TPSA) is 56.0 Å². The van der Waals surface area contributed by atoms with Crippen molar-refractivity contribution < 1.29 is 9.32 Å². The lowest BCUT2D eigenvalue weighted by atomic mass is 10.2. The lowest BCUT2D eigenvalue weighted by molar-refractivity contribution is -0.117. The van der Waals surface area contributed by atoms with Gasteiger partial charge in [0.2, 0.25) is 5.89 Å². The Morgan fingerprint density at radius 1 is 1.57 bits per heavy atom. The SMILES string of the molecule is CC(=O)CCc1nc(CC2CC2)no1. The van der Waals surface area contributed by atoms with E-state index in [2.05, 4.69) is 10.1 Å². The van der Waals surface area contributed by atoms with Crippen molar-refractivity contribution in [2.75, 3.05) is 0 Å². The van der Waals surface area contributed by atoms with E-state index in [1.807, 2.05) is 0 Å². The standard InChI is InChI=1S/C10H14N2O2/c1-7(13)2-5-10-11-9(12-14-10)6-8-3-4-8/h8H,2-6H2,1H3. The Kier molecular flexibility index (Phi) is 2.61. The Hall–Kier alpha value is -1.19. The number of carbonyl (C=O) groups excluding carboxylic acids is 1. The summed E-state index contributed by atoms with van der Waals surface area (Å²) in [6.07, 6.45) is 4.58. The van der Waals surface area contributed by atoms with Crippen molar-refractivity contribution in [2.24, 2.45) is 5.92 Å². The van der Waals surface area contributed by atoms with Gasteiger partial charge in [-0.15, -0.1) is 0 Å². The summed E-state index contributed by atoms with van der Waals surface area (Å²) in [7, 11) is 0. The highest BCUT2D eigenvalue weighted by atomic mass is 16.5. The van der Waals surface area contributed by atoms with Gasteiger partial charge in [0, 0.05) is 19.3 Å². The van der Waals surface area contributed by atoms with Crippen LogP contribution in [0, 0.1) is 5.92 Å². The van der Waals surface area contributed by atoms with Crippen molar-refractivity contribution in [1.29, 1.82) is 0 Å². The van der Waals surface area contributed by atoms with E-state index >= 15 is 0 Å². The third-order valence-corrected chi connectivity index (χ3v) is 2.37. The molecule has 1 heterocycles. The van der Waals surface area contributed by atoms with E-state index in [4.69, 9.17) is 4.52 Å². The van der Waals surface area contributed by atoms with Crippen molar-refractivity contribution in [3.05, 3.63) is 11.7 Å². The van der Waals surface area contributed by atoms with Crippen LogP contribution in [0.3, 0.4) is 0 Å². The van der Waals surface area contributed by atoms with Crippen LogP contribution < -0.4 is 0 Å². The van der Waals surface area contributed by atoms with Gasteiger partial charge in [-0.1, -0.05) is 5.16 Å². The predicted molar refractivity (Wildman–Crippen MR) is 49.7 cm³/mol. The summed E-state index contributed by atoms with van der Waals surface area (Å²) in [6.45, 7) is 1.57. The first-order valence-electron chi connectivity index (χ1n) is 5.05. The fourth-order valence-corrected chi connectivity index (χ4v) is 1.34. The molecule has 1 aromatic rings. The second-order valence-corrected chi connectivity index (χ2v) is 3.95. The average Bonchev–Trinajstić information content (AvgIpc) is 2.81. The van der Waals surface area contributed by atoms with Crippen LogP contribution in [0.25, 0.3) is 0 Å². The quantitative estimate of drug-likeness (QED) is 0.713. The van der Waals surface area contributed by atoms with Crippen molar-refractivity contribution >= 4 is 5.78 Å². The Morgan fingerprint density at radius 3 is 3.00 bits per heavy atom. The number of hydrogen-bond donors (Lipinski definition) is 0. The zero-order valence-electron chi connectivity index (χ0n) is 8.32. The van der Waals surface area contributed by atoms with Gasteiger partial charge in [0.05, 0.1) is 0 Å². The maximum Gasteiger partial charge on any atom is 0.227 e. The number of aromatic nitrogens is 2. The van der Waals surface area contributed by atoms with Crippen molar-refractivity contribution in [3.8, 4) is 0 Å². The van der Waals surface area contributed by atoms with Crippen LogP contribution in [0.2, 0.25) is 0 Å². The molecule has 2 rings (SSSR count). The second-order valence-electron chi connectivity index (χ2n) is 3.95. The van der Waals surface area contributed by atoms with Crippen LogP contribution in [-0.2, 0) is 17.6 Å². The molecule has 0 spiro atoms. The lowest BCUT2D eigenvalue weighted by Gasteiger charge is -1.88. The number of rotatable bonds is 5. The Balaban J connectivity index is 1.85. The van der Waals surface area contributed by atoms with E-state index in [9.17, 15) is 4.79 Å². The minimum Gasteiger partial charge on any atom is -0.339 e. The minimum absolute atomic E-state index is 0.159. The molecule has 0 atom stereocenters. The number of ketones is 1. The van der Waals surface area contributed by atoms with Crippen molar-refractivity contribution in [2.45, 2.75) is 39.0 Å². The predicted octanol–water partition coefficient (Wildman–Crippen LogP) is 1.54. The monoisotopic (exact) mass is 194 g/mol. The molecular formula is C10H14N2O2. The molecule has 1 aliphatic carbocycles. The highest BCUT2D eigenvalue weighted by molar-refractivity contribution is 5.75. The fraction of sp³-hybridized carbons (Fsp3) is 0.700. The average molecular weight is 194 g/mol. The summed E-state index contributed by atoms with van der Waals surface area (Å²) in [5.41, 5.74) is 0. The molecular weight excluding hydrogens is 180 g/mol. The number of aryl methyl sites for hydroxylation is 1. The molecule has 0 amide bonds. The smallest absolute Gasteiger partial charge is 0.227 e. The Labute approximate surface area is 82.7 Å². The summed E-state index contributed by atoms with van der Waals surface area (Å²) in [6, 6.07) is 0. The third kappa shape index (κ3) is 2.65. The van der Waals surface area contributed by atoms with Gasteiger partial charge in [-0.3, -0.25) is 0 Å². The molecule has 4 heteroatoms. The van der Waals surface area contributed by atoms with Crippen LogP contribution >= 0.6 is 0 Å². The molecule has 1 aromatic heterocycles. The second kappa shape index (κ2) is 3.90. The summed E-state index contributed by atoms with van der Waals surface area (Å²) in [4.78, 5) is 15.0. The maximum absolute atomic E-state index is 10.7. The van der Waals surface area contributed by atoms with E-state index in [1.165, 1.54) is 12.8 Å². The minimum atomic E-state index is 0.159. The number of hydrogen-bond acceptors (Lipinski definition) is 4. The molecule has 1 aliphatic rings. The van der Waals surface area contributed by atoms with Gasteiger partial charge in [-0.25, -0.2) is 0 Å². The van der Waals surface area contributed by atoms with Gasteiger partial charge >= 0.3 is 0 Å². The van der Waals surface area contributed by atoms with Crippen LogP contribution in [0.15, 0.2) is 4.52 Å². The summed E-state index contributed by atoms with van der Waals surface area (Å²) in [5.74, 6) is 2.32. The first-order valence-corrected chi connectivity index (χ1v) is 5.05. The van der Waals surface area contributed by atoms with Crippen molar-refractivity contribution in [3.63, 3.8) is 0 Å². The van der Waals surface area contributed by atoms with E-state index in [-0.39, 0.29) is 5.78 Å². The largest absolute Gasteiger partial charge is 0.339 e. The van der Waals surface area contributed by atoms with Crippen LogP contribution in [0.1, 0.15) is 37.9 Å². The van der Waals surface area contributed by atoms with Crippen LogP contribution in [0.4, 0.5) is 0 Å². The molecule has 0 bridgehead atoms. The fourth-order valence-electron chi connectivity index (χ4n) is 1.34. The Morgan fingerprint density at radius 2 is 2.36 bits per heavy atom. The first-order chi connectivity index (χ1) is 6.74. The summed E-state index contributed by atoms with van der Waals surface area (Å²) >= 11 is 0. The normalized spacial score (nSPS) is 15.8. The lowest BCUT2D eigenvalue weighted by Crippen LogP contribution is -1.95. The highest BCUT2D eigenvalue weighted by Crippen LogP contribution is 2.31. The van der Waals surface area contributed by atoms with Gasteiger partial charge in [0.15, 0.2) is 5.82 Å². The van der Waals surface area contributed by atoms with Gasteiger partial charge in [-0.2, -0.15) is 4.98 Å². The number of carbonyl (C=O) groups is 1. The van der Waals surface area contributed by atoms with Crippen molar-refractivity contribution in [1.82, 2.24) is 10.1 Å². The van der Waals surface area contributed by atoms with E-state index < -0.39 is 0 Å². The highest BCUT2D eigenvalue weighted by Gasteiger charge is 2.23. The molecule has 0 radical (unpaired) electrons. The van der Waals surface area contributed by atoms with E-state index in [1.54, 1.807) is 6.92 Å². The third-order valence-electron chi connectivity index (χ3n) is 2.37. The van der Waals surface area contributed by atoms with Crippen LogP contribution in [0.5, 0.6) is 0 Å². The molecule has 14 heavy (non-hydrogen) atoms. The van der Waals surface area contributed by atoms with E-state index in [0.717, 1.165) is 18.2 Å². The number of Topliss-reactive ketones (excluding diaryl/α,β-unsaturated/α-hetero) is 1. The molecule has 1 saturated carbocycles. The molecule has 1 fully saturated rings. The molecule has 0 saturated heterocycles. The molecule has 0 unspecified atom stereocenters. The summed E-state index contributed by atoms with van der Waals surface area (Å²) < 4.78 is 5.03. The Bertz CT molecular complexity index is 329. The summed E-state index contributed by atoms with van der Waals surface area (Å²) in [5, 5.41) is 3.88. The zero-order valence-corrected chi connectivity index (χ0v) is 8.32. The van der Waals surface area contributed by atoms with Crippen LogP contribution in [-0.4, -0.2) is 15.9 Å². The number of nitrogens with zero attached hydrogens (tertiary/aromatic N) is 2.